The third-order valence-corrected chi connectivity index (χ3v) is 5.19. The van der Waals surface area contributed by atoms with Crippen LogP contribution < -0.4 is 4.74 Å². The van der Waals surface area contributed by atoms with Crippen molar-refractivity contribution >= 4 is 5.97 Å². The number of pyridine rings is 1. The van der Waals surface area contributed by atoms with Crippen molar-refractivity contribution in [2.75, 3.05) is 6.61 Å². The third kappa shape index (κ3) is 5.05. The van der Waals surface area contributed by atoms with Gasteiger partial charge in [-0.2, -0.15) is 5.26 Å². The Morgan fingerprint density at radius 3 is 2.30 bits per heavy atom. The molecule has 0 saturated heterocycles. The number of aromatic nitrogens is 1. The van der Waals surface area contributed by atoms with Gasteiger partial charge in [-0.15, -0.1) is 0 Å². The van der Waals surface area contributed by atoms with Crippen molar-refractivity contribution in [3.63, 3.8) is 0 Å². The Morgan fingerprint density at radius 2 is 1.64 bits per heavy atom. The summed E-state index contributed by atoms with van der Waals surface area (Å²) < 4.78 is 18.9. The molecule has 1 N–H and O–H groups in total. The molecule has 0 unspecified atom stereocenters. The molecule has 6 heteroatoms. The molecule has 33 heavy (non-hydrogen) atoms. The third-order valence-electron chi connectivity index (χ3n) is 5.19. The summed E-state index contributed by atoms with van der Waals surface area (Å²) in [6.07, 6.45) is 2.15. The second kappa shape index (κ2) is 9.75. The van der Waals surface area contributed by atoms with Crippen LogP contribution in [0.5, 0.6) is 5.75 Å². The van der Waals surface area contributed by atoms with E-state index < -0.39 is 5.97 Å². The number of benzene rings is 3. The van der Waals surface area contributed by atoms with Crippen LogP contribution in [0, 0.1) is 17.1 Å². The monoisotopic (exact) mass is 438 g/mol. The predicted molar refractivity (Wildman–Crippen MR) is 122 cm³/mol. The van der Waals surface area contributed by atoms with Crippen LogP contribution in [-0.4, -0.2) is 22.7 Å². The van der Waals surface area contributed by atoms with E-state index >= 15 is 0 Å². The molecular formula is C27H19FN2O3. The van der Waals surface area contributed by atoms with E-state index in [1.807, 2.05) is 24.3 Å². The quantitative estimate of drug-likeness (QED) is 0.397. The van der Waals surface area contributed by atoms with Gasteiger partial charge in [-0.3, -0.25) is 4.98 Å². The second-order valence-electron chi connectivity index (χ2n) is 7.33. The molecule has 0 bridgehead atoms. The zero-order valence-corrected chi connectivity index (χ0v) is 17.5. The first kappa shape index (κ1) is 21.7. The van der Waals surface area contributed by atoms with Gasteiger partial charge in [0, 0.05) is 18.2 Å². The fraction of sp³-hybridized carbons (Fsp3) is 0.0741. The molecule has 0 atom stereocenters. The fourth-order valence-corrected chi connectivity index (χ4v) is 3.48. The number of nitriles is 1. The van der Waals surface area contributed by atoms with Gasteiger partial charge in [0.2, 0.25) is 0 Å². The lowest BCUT2D eigenvalue weighted by atomic mass is 10.0. The summed E-state index contributed by atoms with van der Waals surface area (Å²) in [6.45, 7) is 0.369. The molecule has 0 spiro atoms. The molecule has 4 rings (SSSR count). The molecule has 0 amide bonds. The van der Waals surface area contributed by atoms with Crippen molar-refractivity contribution in [1.82, 2.24) is 4.98 Å². The smallest absolute Gasteiger partial charge is 0.337 e. The number of carbonyl (C=O) groups is 1. The number of aromatic carboxylic acids is 1. The molecule has 3 aromatic carbocycles. The van der Waals surface area contributed by atoms with Gasteiger partial charge in [-0.25, -0.2) is 9.18 Å². The molecule has 0 aliphatic carbocycles. The number of hydrogen-bond acceptors (Lipinski definition) is 4. The highest BCUT2D eigenvalue weighted by atomic mass is 19.1. The van der Waals surface area contributed by atoms with E-state index in [4.69, 9.17) is 4.74 Å². The van der Waals surface area contributed by atoms with Crippen molar-refractivity contribution in [3.05, 3.63) is 108 Å². The Kier molecular flexibility index (Phi) is 6.42. The lowest BCUT2D eigenvalue weighted by Crippen LogP contribution is -2.04. The molecule has 0 radical (unpaired) electrons. The molecule has 0 fully saturated rings. The topological polar surface area (TPSA) is 83.2 Å². The minimum atomic E-state index is -1.08. The van der Waals surface area contributed by atoms with Gasteiger partial charge in [0.15, 0.2) is 0 Å². The number of halogens is 1. The van der Waals surface area contributed by atoms with Crippen LogP contribution in [0.1, 0.15) is 21.5 Å². The lowest BCUT2D eigenvalue weighted by molar-refractivity contribution is 0.0697. The van der Waals surface area contributed by atoms with Gasteiger partial charge in [0.1, 0.15) is 17.6 Å². The molecule has 0 aliphatic heterocycles. The number of carboxylic acids is 1. The zero-order valence-electron chi connectivity index (χ0n) is 17.5. The normalized spacial score (nSPS) is 10.4. The van der Waals surface area contributed by atoms with E-state index in [1.54, 1.807) is 36.4 Å². The van der Waals surface area contributed by atoms with Crippen LogP contribution in [0.25, 0.3) is 22.4 Å². The maximum Gasteiger partial charge on any atom is 0.337 e. The Labute approximate surface area is 190 Å². The zero-order chi connectivity index (χ0) is 23.2. The van der Waals surface area contributed by atoms with Gasteiger partial charge in [-0.05, 0) is 59.2 Å². The SMILES string of the molecule is N#Cc1cc(-c2ncccc2C(=O)O)ccc1OCCc1ccc(-c2ccc(F)cc2)cc1. The van der Waals surface area contributed by atoms with Crippen molar-refractivity contribution in [2.24, 2.45) is 0 Å². The highest BCUT2D eigenvalue weighted by Gasteiger charge is 2.14. The minimum absolute atomic E-state index is 0.0687. The Morgan fingerprint density at radius 1 is 0.970 bits per heavy atom. The van der Waals surface area contributed by atoms with Gasteiger partial charge >= 0.3 is 5.97 Å². The van der Waals surface area contributed by atoms with E-state index in [0.29, 0.717) is 35.6 Å². The average Bonchev–Trinajstić information content (AvgIpc) is 2.85. The Hall–Kier alpha value is -4.50. The number of ether oxygens (including phenoxy) is 1. The van der Waals surface area contributed by atoms with E-state index in [1.165, 1.54) is 24.4 Å². The molecule has 0 aliphatic rings. The summed E-state index contributed by atoms with van der Waals surface area (Å²) in [5.41, 5.74) is 4.22. The van der Waals surface area contributed by atoms with Crippen molar-refractivity contribution in [3.8, 4) is 34.2 Å². The summed E-state index contributed by atoms with van der Waals surface area (Å²) in [5.74, 6) is -0.918. The predicted octanol–water partition coefficient (Wildman–Crippen LogP) is 5.75. The van der Waals surface area contributed by atoms with Gasteiger partial charge in [-0.1, -0.05) is 36.4 Å². The Balaban J connectivity index is 1.43. The molecule has 162 valence electrons. The minimum Gasteiger partial charge on any atom is -0.492 e. The number of rotatable bonds is 7. The van der Waals surface area contributed by atoms with Gasteiger partial charge in [0.25, 0.3) is 0 Å². The lowest BCUT2D eigenvalue weighted by Gasteiger charge is -2.11. The first-order valence-electron chi connectivity index (χ1n) is 10.3. The molecule has 5 nitrogen and oxygen atoms in total. The number of nitrogens with zero attached hydrogens (tertiary/aromatic N) is 2. The summed E-state index contributed by atoms with van der Waals surface area (Å²) in [7, 11) is 0. The van der Waals surface area contributed by atoms with Crippen LogP contribution in [0.2, 0.25) is 0 Å². The molecule has 1 aromatic heterocycles. The summed E-state index contributed by atoms with van der Waals surface area (Å²) in [6, 6.07) is 24.4. The van der Waals surface area contributed by atoms with Crippen molar-refractivity contribution in [1.29, 1.82) is 5.26 Å². The van der Waals surface area contributed by atoms with Crippen LogP contribution >= 0.6 is 0 Å². The largest absolute Gasteiger partial charge is 0.492 e. The van der Waals surface area contributed by atoms with Crippen molar-refractivity contribution in [2.45, 2.75) is 6.42 Å². The highest BCUT2D eigenvalue weighted by Crippen LogP contribution is 2.28. The molecule has 0 saturated carbocycles. The number of hydrogen-bond donors (Lipinski definition) is 1. The molecular weight excluding hydrogens is 419 g/mol. The standard InChI is InChI=1S/C27H19FN2O3/c28-23-10-7-20(8-11-23)19-5-3-18(4-6-19)13-15-33-25-12-9-21(16-22(25)17-29)26-24(27(31)32)2-1-14-30-26/h1-12,14,16H,13,15H2,(H,31,32). The maximum absolute atomic E-state index is 13.1. The summed E-state index contributed by atoms with van der Waals surface area (Å²) in [5, 5.41) is 18.9. The summed E-state index contributed by atoms with van der Waals surface area (Å²) in [4.78, 5) is 15.6. The average molecular weight is 438 g/mol. The first-order chi connectivity index (χ1) is 16.0. The Bertz CT molecular complexity index is 1330. The van der Waals surface area contributed by atoms with Crippen LogP contribution in [0.15, 0.2) is 85.1 Å². The molecule has 1 heterocycles. The van der Waals surface area contributed by atoms with Crippen LogP contribution in [0.3, 0.4) is 0 Å². The van der Waals surface area contributed by atoms with Gasteiger partial charge in [0.05, 0.1) is 23.4 Å². The van der Waals surface area contributed by atoms with E-state index in [2.05, 4.69) is 11.1 Å². The van der Waals surface area contributed by atoms with E-state index in [-0.39, 0.29) is 11.4 Å². The van der Waals surface area contributed by atoms with Crippen molar-refractivity contribution < 1.29 is 19.0 Å². The molecule has 4 aromatic rings. The first-order valence-corrected chi connectivity index (χ1v) is 10.3. The van der Waals surface area contributed by atoms with Crippen LogP contribution in [0.4, 0.5) is 4.39 Å². The van der Waals surface area contributed by atoms with E-state index in [9.17, 15) is 19.6 Å². The number of carboxylic acid groups (broad SMARTS) is 1. The second-order valence-corrected chi connectivity index (χ2v) is 7.33. The maximum atomic E-state index is 13.1. The highest BCUT2D eigenvalue weighted by molar-refractivity contribution is 5.94. The summed E-state index contributed by atoms with van der Waals surface area (Å²) >= 11 is 0. The van der Waals surface area contributed by atoms with Gasteiger partial charge < -0.3 is 9.84 Å². The van der Waals surface area contributed by atoms with Crippen LogP contribution in [-0.2, 0) is 6.42 Å². The van der Waals surface area contributed by atoms with E-state index in [0.717, 1.165) is 16.7 Å². The fourth-order valence-electron chi connectivity index (χ4n) is 3.48.